The molecule has 2 atom stereocenters. The van der Waals surface area contributed by atoms with Crippen LogP contribution in [0.1, 0.15) is 37.7 Å². The predicted octanol–water partition coefficient (Wildman–Crippen LogP) is 3.37. The predicted molar refractivity (Wildman–Crippen MR) is 96.0 cm³/mol. The molecular formula is C19H26ClFN2O2. The molecule has 0 radical (unpaired) electrons. The molecule has 3 rings (SSSR count). The molecule has 0 aromatic heterocycles. The summed E-state index contributed by atoms with van der Waals surface area (Å²) in [6, 6.07) is 5.48. The van der Waals surface area contributed by atoms with Crippen molar-refractivity contribution >= 4 is 17.5 Å². The molecule has 1 N–H and O–H groups in total. The van der Waals surface area contributed by atoms with Crippen molar-refractivity contribution in [3.8, 4) is 0 Å². The number of halogens is 2. The molecule has 6 heteroatoms. The SMILES string of the molecule is COCCN(Cc1ccc(F)cc1Cl)C(=O)CC1CC2CCC(C1)N2. The van der Waals surface area contributed by atoms with E-state index in [1.807, 2.05) is 0 Å². The summed E-state index contributed by atoms with van der Waals surface area (Å²) in [5.41, 5.74) is 0.762. The zero-order valence-corrected chi connectivity index (χ0v) is 15.4. The van der Waals surface area contributed by atoms with Crippen LogP contribution in [-0.2, 0) is 16.1 Å². The molecule has 2 aliphatic rings. The Morgan fingerprint density at radius 1 is 1.36 bits per heavy atom. The van der Waals surface area contributed by atoms with Crippen molar-refractivity contribution in [1.29, 1.82) is 0 Å². The molecule has 0 spiro atoms. The van der Waals surface area contributed by atoms with E-state index >= 15 is 0 Å². The van der Waals surface area contributed by atoms with Crippen molar-refractivity contribution in [1.82, 2.24) is 10.2 Å². The molecule has 0 saturated carbocycles. The number of benzene rings is 1. The van der Waals surface area contributed by atoms with Crippen LogP contribution >= 0.6 is 11.6 Å². The van der Waals surface area contributed by atoms with Crippen molar-refractivity contribution in [2.75, 3.05) is 20.3 Å². The van der Waals surface area contributed by atoms with Gasteiger partial charge in [0.25, 0.3) is 0 Å². The van der Waals surface area contributed by atoms with Crippen LogP contribution < -0.4 is 5.32 Å². The lowest BCUT2D eigenvalue weighted by molar-refractivity contribution is -0.133. The number of methoxy groups -OCH3 is 1. The van der Waals surface area contributed by atoms with E-state index in [4.69, 9.17) is 16.3 Å². The number of hydrogen-bond acceptors (Lipinski definition) is 3. The van der Waals surface area contributed by atoms with Crippen LogP contribution in [0, 0.1) is 11.7 Å². The lowest BCUT2D eigenvalue weighted by Gasteiger charge is -2.31. The Morgan fingerprint density at radius 3 is 2.72 bits per heavy atom. The second-order valence-electron chi connectivity index (χ2n) is 7.22. The maximum Gasteiger partial charge on any atom is 0.223 e. The monoisotopic (exact) mass is 368 g/mol. The zero-order chi connectivity index (χ0) is 17.8. The van der Waals surface area contributed by atoms with Crippen LogP contribution in [0.3, 0.4) is 0 Å². The summed E-state index contributed by atoms with van der Waals surface area (Å²) in [7, 11) is 1.62. The summed E-state index contributed by atoms with van der Waals surface area (Å²) in [5, 5.41) is 3.97. The molecule has 2 fully saturated rings. The van der Waals surface area contributed by atoms with Gasteiger partial charge in [-0.05, 0) is 49.3 Å². The number of hydrogen-bond donors (Lipinski definition) is 1. The van der Waals surface area contributed by atoms with Gasteiger partial charge in [0.05, 0.1) is 6.61 Å². The smallest absolute Gasteiger partial charge is 0.223 e. The fraction of sp³-hybridized carbons (Fsp3) is 0.632. The van der Waals surface area contributed by atoms with Crippen molar-refractivity contribution in [2.24, 2.45) is 5.92 Å². The van der Waals surface area contributed by atoms with Crippen LogP contribution in [-0.4, -0.2) is 43.2 Å². The van der Waals surface area contributed by atoms with E-state index in [1.165, 1.54) is 25.0 Å². The average Bonchev–Trinajstić information content (AvgIpc) is 2.91. The first-order valence-corrected chi connectivity index (χ1v) is 9.39. The topological polar surface area (TPSA) is 41.6 Å². The maximum absolute atomic E-state index is 13.2. The molecule has 0 aliphatic carbocycles. The lowest BCUT2D eigenvalue weighted by atomic mass is 9.89. The van der Waals surface area contributed by atoms with Gasteiger partial charge in [0.1, 0.15) is 5.82 Å². The fourth-order valence-corrected chi connectivity index (χ4v) is 4.29. The van der Waals surface area contributed by atoms with Crippen molar-refractivity contribution in [3.05, 3.63) is 34.6 Å². The number of nitrogens with one attached hydrogen (secondary N) is 1. The van der Waals surface area contributed by atoms with Crippen molar-refractivity contribution in [3.63, 3.8) is 0 Å². The van der Waals surface area contributed by atoms with Gasteiger partial charge < -0.3 is 15.0 Å². The van der Waals surface area contributed by atoms with Crippen LogP contribution in [0.15, 0.2) is 18.2 Å². The molecule has 2 aliphatic heterocycles. The Labute approximate surface area is 153 Å². The highest BCUT2D eigenvalue weighted by Gasteiger charge is 2.34. The van der Waals surface area contributed by atoms with Gasteiger partial charge in [-0.15, -0.1) is 0 Å². The van der Waals surface area contributed by atoms with E-state index in [9.17, 15) is 9.18 Å². The Kier molecular flexibility index (Phi) is 6.31. The Balaban J connectivity index is 1.63. The highest BCUT2D eigenvalue weighted by atomic mass is 35.5. The van der Waals surface area contributed by atoms with E-state index in [2.05, 4.69) is 5.32 Å². The summed E-state index contributed by atoms with van der Waals surface area (Å²) in [6.45, 7) is 1.38. The Morgan fingerprint density at radius 2 is 2.08 bits per heavy atom. The maximum atomic E-state index is 13.2. The van der Waals surface area contributed by atoms with Crippen LogP contribution in [0.4, 0.5) is 4.39 Å². The third-order valence-electron chi connectivity index (χ3n) is 5.33. The highest BCUT2D eigenvalue weighted by molar-refractivity contribution is 6.31. The first-order chi connectivity index (χ1) is 12.0. The quantitative estimate of drug-likeness (QED) is 0.802. The standard InChI is InChI=1S/C19H26ClFN2O2/c1-25-7-6-23(12-14-2-3-15(21)11-18(14)20)19(24)10-13-8-16-4-5-17(9-13)22-16/h2-3,11,13,16-17,22H,4-10,12H2,1H3. The molecule has 2 unspecified atom stereocenters. The number of rotatable bonds is 7. The lowest BCUT2D eigenvalue weighted by Crippen LogP contribution is -2.41. The number of piperidine rings is 1. The molecule has 2 saturated heterocycles. The number of fused-ring (bicyclic) bond motifs is 2. The fourth-order valence-electron chi connectivity index (χ4n) is 4.07. The summed E-state index contributed by atoms with van der Waals surface area (Å²) in [4.78, 5) is 14.7. The Bertz CT molecular complexity index is 601. The minimum Gasteiger partial charge on any atom is -0.383 e. The summed E-state index contributed by atoms with van der Waals surface area (Å²) >= 11 is 6.13. The van der Waals surface area contributed by atoms with E-state index in [1.54, 1.807) is 18.1 Å². The van der Waals surface area contributed by atoms with Crippen molar-refractivity contribution < 1.29 is 13.9 Å². The molecule has 1 aromatic rings. The minimum atomic E-state index is -0.367. The highest BCUT2D eigenvalue weighted by Crippen LogP contribution is 2.33. The number of nitrogens with zero attached hydrogens (tertiary/aromatic N) is 1. The van der Waals surface area contributed by atoms with E-state index in [0.717, 1.165) is 18.4 Å². The van der Waals surface area contributed by atoms with E-state index < -0.39 is 0 Å². The summed E-state index contributed by atoms with van der Waals surface area (Å²) < 4.78 is 18.4. The number of carbonyl (C=O) groups excluding carboxylic acids is 1. The third kappa shape index (κ3) is 4.93. The second kappa shape index (κ2) is 8.47. The molecule has 138 valence electrons. The minimum absolute atomic E-state index is 0.128. The second-order valence-corrected chi connectivity index (χ2v) is 7.63. The van der Waals surface area contributed by atoms with Gasteiger partial charge >= 0.3 is 0 Å². The van der Waals surface area contributed by atoms with E-state index in [0.29, 0.717) is 49.1 Å². The van der Waals surface area contributed by atoms with Crippen LogP contribution in [0.25, 0.3) is 0 Å². The molecule has 25 heavy (non-hydrogen) atoms. The third-order valence-corrected chi connectivity index (χ3v) is 5.68. The summed E-state index contributed by atoms with van der Waals surface area (Å²) in [5.74, 6) is 0.206. The molecule has 1 aromatic carbocycles. The van der Waals surface area contributed by atoms with Crippen molar-refractivity contribution in [2.45, 2.75) is 50.7 Å². The van der Waals surface area contributed by atoms with Gasteiger partial charge in [-0.1, -0.05) is 17.7 Å². The molecular weight excluding hydrogens is 343 g/mol. The number of amides is 1. The normalized spacial score (nSPS) is 25.2. The zero-order valence-electron chi connectivity index (χ0n) is 14.6. The van der Waals surface area contributed by atoms with Gasteiger partial charge in [-0.25, -0.2) is 4.39 Å². The Hall–Kier alpha value is -1.17. The van der Waals surface area contributed by atoms with Gasteiger partial charge in [0, 0.05) is 43.7 Å². The van der Waals surface area contributed by atoms with Gasteiger partial charge in [-0.3, -0.25) is 4.79 Å². The number of carbonyl (C=O) groups is 1. The van der Waals surface area contributed by atoms with Crippen LogP contribution in [0.2, 0.25) is 5.02 Å². The molecule has 2 heterocycles. The van der Waals surface area contributed by atoms with Gasteiger partial charge in [0.2, 0.25) is 5.91 Å². The van der Waals surface area contributed by atoms with Gasteiger partial charge in [0.15, 0.2) is 0 Å². The summed E-state index contributed by atoms with van der Waals surface area (Å²) in [6.07, 6.45) is 5.19. The van der Waals surface area contributed by atoms with E-state index in [-0.39, 0.29) is 11.7 Å². The van der Waals surface area contributed by atoms with Gasteiger partial charge in [-0.2, -0.15) is 0 Å². The number of ether oxygens (including phenoxy) is 1. The molecule has 4 nitrogen and oxygen atoms in total. The average molecular weight is 369 g/mol. The molecule has 2 bridgehead atoms. The first kappa shape index (κ1) is 18.6. The molecule has 1 amide bonds. The largest absolute Gasteiger partial charge is 0.383 e. The van der Waals surface area contributed by atoms with Crippen LogP contribution in [0.5, 0.6) is 0 Å². The first-order valence-electron chi connectivity index (χ1n) is 9.02.